The quantitative estimate of drug-likeness (QED) is 0.249. The average Bonchev–Trinajstić information content (AvgIpc) is 2.84. The molecule has 0 aliphatic heterocycles. The summed E-state index contributed by atoms with van der Waals surface area (Å²) in [5.41, 5.74) is 1.00. The molecule has 0 spiro atoms. The predicted molar refractivity (Wildman–Crippen MR) is 130 cm³/mol. The molecule has 0 fully saturated rings. The van der Waals surface area contributed by atoms with Crippen molar-refractivity contribution in [3.05, 3.63) is 98.6 Å². The average molecular weight is 497 g/mol. The van der Waals surface area contributed by atoms with Crippen LogP contribution in [0.15, 0.2) is 69.9 Å². The molecular weight excluding hydrogens is 475 g/mol. The Labute approximate surface area is 205 Å². The molecule has 0 unspecified atom stereocenters. The van der Waals surface area contributed by atoms with E-state index in [1.54, 1.807) is 55.5 Å². The highest BCUT2D eigenvalue weighted by Gasteiger charge is 2.15. The third kappa shape index (κ3) is 5.63. The van der Waals surface area contributed by atoms with Gasteiger partial charge in [-0.1, -0.05) is 24.6 Å². The molecule has 3 aromatic carbocycles. The number of fused-ring (bicyclic) bond motifs is 1. The van der Waals surface area contributed by atoms with Gasteiger partial charge in [-0.25, -0.2) is 9.18 Å². The van der Waals surface area contributed by atoms with E-state index in [1.807, 2.05) is 6.92 Å². The molecule has 4 rings (SSSR count). The molecule has 0 aliphatic rings. The molecule has 0 amide bonds. The van der Waals surface area contributed by atoms with Crippen molar-refractivity contribution in [2.45, 2.75) is 26.9 Å². The molecule has 8 heteroatoms. The third-order valence-electron chi connectivity index (χ3n) is 5.14. The number of hydrogen-bond donors (Lipinski definition) is 0. The third-order valence-corrected chi connectivity index (χ3v) is 5.50. The number of rotatable bonds is 8. The summed E-state index contributed by atoms with van der Waals surface area (Å²) in [6.45, 7) is 4.01. The molecule has 6 nitrogen and oxygen atoms in total. The highest BCUT2D eigenvalue weighted by molar-refractivity contribution is 6.31. The normalized spacial score (nSPS) is 10.9. The smallest absolute Gasteiger partial charge is 0.338 e. The summed E-state index contributed by atoms with van der Waals surface area (Å²) in [5, 5.41) is 0.582. The number of carbonyl (C=O) groups is 1. The van der Waals surface area contributed by atoms with E-state index in [2.05, 4.69) is 0 Å². The molecule has 0 bridgehead atoms. The van der Waals surface area contributed by atoms with Gasteiger partial charge in [-0.05, 0) is 61.9 Å². The van der Waals surface area contributed by atoms with E-state index in [1.165, 1.54) is 12.1 Å². The van der Waals surface area contributed by atoms with Crippen LogP contribution in [0.25, 0.3) is 11.0 Å². The molecule has 0 saturated carbocycles. The van der Waals surface area contributed by atoms with E-state index in [0.717, 1.165) is 6.42 Å². The van der Waals surface area contributed by atoms with E-state index in [9.17, 15) is 14.0 Å². The van der Waals surface area contributed by atoms with Crippen molar-refractivity contribution in [3.63, 3.8) is 0 Å². The maximum absolute atomic E-state index is 13.2. The van der Waals surface area contributed by atoms with Crippen molar-refractivity contribution >= 4 is 28.5 Å². The van der Waals surface area contributed by atoms with Crippen molar-refractivity contribution < 1.29 is 27.8 Å². The number of ether oxygens (including phenoxy) is 3. The SMILES string of the molecule is CCCOC(=O)c1ccc(Oc2c(C)oc3cc(OCc4ccc(F)cc4Cl)ccc3c2=O)cc1. The lowest BCUT2D eigenvalue weighted by Gasteiger charge is -2.11. The lowest BCUT2D eigenvalue weighted by atomic mass is 10.2. The Kier molecular flexibility index (Phi) is 7.36. The fourth-order valence-electron chi connectivity index (χ4n) is 3.33. The number of esters is 1. The topological polar surface area (TPSA) is 75.0 Å². The molecule has 0 saturated heterocycles. The summed E-state index contributed by atoms with van der Waals surface area (Å²) in [7, 11) is 0. The summed E-state index contributed by atoms with van der Waals surface area (Å²) >= 11 is 6.04. The molecule has 0 atom stereocenters. The van der Waals surface area contributed by atoms with Gasteiger partial charge in [0, 0.05) is 11.6 Å². The largest absolute Gasteiger partial charge is 0.489 e. The van der Waals surface area contributed by atoms with Gasteiger partial charge in [-0.2, -0.15) is 0 Å². The maximum atomic E-state index is 13.2. The van der Waals surface area contributed by atoms with E-state index < -0.39 is 11.8 Å². The van der Waals surface area contributed by atoms with Crippen LogP contribution in [-0.2, 0) is 11.3 Å². The van der Waals surface area contributed by atoms with Crippen molar-refractivity contribution in [2.75, 3.05) is 6.61 Å². The second-order valence-electron chi connectivity index (χ2n) is 7.76. The molecule has 0 N–H and O–H groups in total. The molecule has 0 radical (unpaired) electrons. The predicted octanol–water partition coefficient (Wildman–Crippen LogP) is 6.83. The van der Waals surface area contributed by atoms with E-state index in [4.69, 9.17) is 30.2 Å². The number of aryl methyl sites for hydroxylation is 1. The Hall–Kier alpha value is -3.84. The minimum absolute atomic E-state index is 0.0468. The van der Waals surface area contributed by atoms with E-state index >= 15 is 0 Å². The monoisotopic (exact) mass is 496 g/mol. The first-order valence-corrected chi connectivity index (χ1v) is 11.3. The van der Waals surface area contributed by atoms with Gasteiger partial charge >= 0.3 is 5.97 Å². The first kappa shape index (κ1) is 24.3. The fraction of sp³-hybridized carbons (Fsp3) is 0.185. The summed E-state index contributed by atoms with van der Waals surface area (Å²) in [6.07, 6.45) is 0.736. The van der Waals surface area contributed by atoms with Gasteiger partial charge in [0.1, 0.15) is 35.3 Å². The van der Waals surface area contributed by atoms with Crippen LogP contribution < -0.4 is 14.9 Å². The minimum atomic E-state index is -0.426. The molecule has 4 aromatic rings. The zero-order chi connectivity index (χ0) is 24.9. The molecule has 35 heavy (non-hydrogen) atoms. The van der Waals surface area contributed by atoms with E-state index in [0.29, 0.717) is 40.2 Å². The zero-order valence-corrected chi connectivity index (χ0v) is 19.9. The van der Waals surface area contributed by atoms with Crippen LogP contribution in [0.3, 0.4) is 0 Å². The Morgan fingerprint density at radius 3 is 2.49 bits per heavy atom. The Morgan fingerprint density at radius 1 is 1.03 bits per heavy atom. The fourth-order valence-corrected chi connectivity index (χ4v) is 3.55. The lowest BCUT2D eigenvalue weighted by Crippen LogP contribution is -2.08. The summed E-state index contributed by atoms with van der Waals surface area (Å²) in [6, 6.07) is 15.2. The molecule has 0 aliphatic carbocycles. The number of halogens is 2. The second-order valence-corrected chi connectivity index (χ2v) is 8.17. The van der Waals surface area contributed by atoms with Gasteiger partial charge in [0.25, 0.3) is 0 Å². The van der Waals surface area contributed by atoms with E-state index in [-0.39, 0.29) is 28.6 Å². The first-order valence-electron chi connectivity index (χ1n) is 10.9. The van der Waals surface area contributed by atoms with Gasteiger partial charge in [-0.15, -0.1) is 0 Å². The van der Waals surface area contributed by atoms with Crippen LogP contribution >= 0.6 is 11.6 Å². The van der Waals surface area contributed by atoms with Crippen LogP contribution in [0.4, 0.5) is 4.39 Å². The van der Waals surface area contributed by atoms with Crippen molar-refractivity contribution in [1.82, 2.24) is 0 Å². The Morgan fingerprint density at radius 2 is 1.77 bits per heavy atom. The standard InChI is InChI=1S/C27H22ClFO6/c1-3-12-32-27(31)17-5-8-20(9-6-17)35-26-16(2)34-24-14-21(10-11-22(24)25(26)30)33-15-18-4-7-19(29)13-23(18)28/h4-11,13-14H,3,12,15H2,1-2H3. The molecular formula is C27H22ClFO6. The zero-order valence-electron chi connectivity index (χ0n) is 19.1. The van der Waals surface area contributed by atoms with Gasteiger partial charge in [0.15, 0.2) is 0 Å². The van der Waals surface area contributed by atoms with Gasteiger partial charge in [0.05, 0.1) is 22.6 Å². The summed E-state index contributed by atoms with van der Waals surface area (Å²) in [5.74, 6) is 0.325. The Balaban J connectivity index is 1.52. The summed E-state index contributed by atoms with van der Waals surface area (Å²) in [4.78, 5) is 25.0. The first-order chi connectivity index (χ1) is 16.9. The number of carbonyl (C=O) groups excluding carboxylic acids is 1. The summed E-state index contributed by atoms with van der Waals surface area (Å²) < 4.78 is 35.7. The molecule has 1 aromatic heterocycles. The van der Waals surface area contributed by atoms with Crippen molar-refractivity contribution in [2.24, 2.45) is 0 Å². The van der Waals surface area contributed by atoms with Gasteiger partial charge in [0.2, 0.25) is 11.2 Å². The van der Waals surface area contributed by atoms with Crippen LogP contribution in [0.5, 0.6) is 17.2 Å². The van der Waals surface area contributed by atoms with Crippen molar-refractivity contribution in [3.8, 4) is 17.2 Å². The second kappa shape index (κ2) is 10.6. The maximum Gasteiger partial charge on any atom is 0.338 e. The highest BCUT2D eigenvalue weighted by Crippen LogP contribution is 2.28. The van der Waals surface area contributed by atoms with Crippen LogP contribution in [0.1, 0.15) is 35.0 Å². The molecule has 1 heterocycles. The van der Waals surface area contributed by atoms with Crippen LogP contribution in [-0.4, -0.2) is 12.6 Å². The van der Waals surface area contributed by atoms with Crippen LogP contribution in [0, 0.1) is 12.7 Å². The highest BCUT2D eigenvalue weighted by atomic mass is 35.5. The van der Waals surface area contributed by atoms with Gasteiger partial charge < -0.3 is 18.6 Å². The number of benzene rings is 3. The lowest BCUT2D eigenvalue weighted by molar-refractivity contribution is 0.0505. The van der Waals surface area contributed by atoms with Crippen molar-refractivity contribution in [1.29, 1.82) is 0 Å². The molecule has 180 valence electrons. The van der Waals surface area contributed by atoms with Gasteiger partial charge in [-0.3, -0.25) is 4.79 Å². The number of hydrogen-bond acceptors (Lipinski definition) is 6. The minimum Gasteiger partial charge on any atom is -0.489 e. The Bertz CT molecular complexity index is 1430. The van der Waals surface area contributed by atoms with Crippen LogP contribution in [0.2, 0.25) is 5.02 Å².